The lowest BCUT2D eigenvalue weighted by Gasteiger charge is -2.25. The molecule has 38 heavy (non-hydrogen) atoms. The molecule has 3 aromatic heterocycles. The minimum Gasteiger partial charge on any atom is -0.439 e. The standard InChI is InChI=1S/C26H22F3N7O2/c27-26(28,29)18-8-11-22(31-14-18)38-19-3-1-2-16(13-19)12-15-4-6-17(7-5-15)23-20(24(30)37)9-10-21(32-23)25-33-35-36-34-25/h1-3,8-14,17H,4-7H2,(H2,30,37)(H,33,34,35,36). The molecule has 3 N–H and O–H groups in total. The fraction of sp³-hybridized carbons (Fsp3) is 0.231. The first-order chi connectivity index (χ1) is 18.3. The van der Waals surface area contributed by atoms with Crippen molar-refractivity contribution in [3.63, 3.8) is 0 Å². The molecule has 0 saturated heterocycles. The number of hydrogen-bond acceptors (Lipinski definition) is 7. The van der Waals surface area contributed by atoms with E-state index < -0.39 is 17.6 Å². The number of H-pyrrole nitrogens is 1. The lowest BCUT2D eigenvalue weighted by Crippen LogP contribution is -2.19. The number of primary amides is 1. The summed E-state index contributed by atoms with van der Waals surface area (Å²) in [6.45, 7) is 0. The molecule has 3 heterocycles. The van der Waals surface area contributed by atoms with Crippen LogP contribution >= 0.6 is 0 Å². The van der Waals surface area contributed by atoms with Crippen molar-refractivity contribution in [2.24, 2.45) is 5.73 Å². The van der Waals surface area contributed by atoms with Crippen molar-refractivity contribution in [1.82, 2.24) is 30.6 Å². The highest BCUT2D eigenvalue weighted by atomic mass is 19.4. The molecular formula is C26H22F3N7O2. The number of pyridine rings is 2. The Balaban J connectivity index is 1.27. The van der Waals surface area contributed by atoms with Crippen LogP contribution in [0.3, 0.4) is 0 Å². The topological polar surface area (TPSA) is 133 Å². The Kier molecular flexibility index (Phi) is 6.86. The first-order valence-corrected chi connectivity index (χ1v) is 11.8. The zero-order chi connectivity index (χ0) is 26.7. The van der Waals surface area contributed by atoms with Gasteiger partial charge in [0.25, 0.3) is 5.91 Å². The number of carbonyl (C=O) groups is 1. The first-order valence-electron chi connectivity index (χ1n) is 11.8. The number of alkyl halides is 3. The second kappa shape index (κ2) is 10.4. The first kappa shape index (κ1) is 25.1. The number of rotatable bonds is 6. The number of allylic oxidation sites excluding steroid dienone is 1. The molecule has 0 radical (unpaired) electrons. The van der Waals surface area contributed by atoms with Crippen LogP contribution in [-0.4, -0.2) is 36.5 Å². The Morgan fingerprint density at radius 3 is 2.58 bits per heavy atom. The summed E-state index contributed by atoms with van der Waals surface area (Å²) >= 11 is 0. The molecule has 0 unspecified atom stereocenters. The second-order valence-electron chi connectivity index (χ2n) is 8.86. The molecule has 194 valence electrons. The molecule has 4 aromatic rings. The van der Waals surface area contributed by atoms with E-state index in [1.165, 1.54) is 11.6 Å². The van der Waals surface area contributed by atoms with Gasteiger partial charge in [-0.1, -0.05) is 23.8 Å². The van der Waals surface area contributed by atoms with E-state index in [1.54, 1.807) is 24.3 Å². The van der Waals surface area contributed by atoms with E-state index in [4.69, 9.17) is 10.5 Å². The van der Waals surface area contributed by atoms with Gasteiger partial charge in [-0.3, -0.25) is 4.79 Å². The number of aromatic amines is 1. The van der Waals surface area contributed by atoms with E-state index in [0.29, 0.717) is 28.5 Å². The van der Waals surface area contributed by atoms with Crippen LogP contribution in [0, 0.1) is 0 Å². The van der Waals surface area contributed by atoms with Crippen LogP contribution in [0.1, 0.15) is 58.8 Å². The van der Waals surface area contributed by atoms with Gasteiger partial charge in [0.2, 0.25) is 11.7 Å². The number of benzene rings is 1. The smallest absolute Gasteiger partial charge is 0.417 e. The predicted molar refractivity (Wildman–Crippen MR) is 131 cm³/mol. The molecule has 5 rings (SSSR count). The summed E-state index contributed by atoms with van der Waals surface area (Å²) in [5.74, 6) is 0.389. The van der Waals surface area contributed by atoms with Gasteiger partial charge in [-0.15, -0.1) is 10.2 Å². The number of amides is 1. The summed E-state index contributed by atoms with van der Waals surface area (Å²) in [7, 11) is 0. The largest absolute Gasteiger partial charge is 0.439 e. The van der Waals surface area contributed by atoms with Crippen molar-refractivity contribution in [1.29, 1.82) is 0 Å². The van der Waals surface area contributed by atoms with Crippen molar-refractivity contribution in [3.05, 3.63) is 82.7 Å². The number of nitrogens with one attached hydrogen (secondary N) is 1. The van der Waals surface area contributed by atoms with E-state index in [-0.39, 0.29) is 11.8 Å². The maximum absolute atomic E-state index is 12.8. The molecule has 1 aliphatic rings. The average Bonchev–Trinajstić information content (AvgIpc) is 3.44. The zero-order valence-electron chi connectivity index (χ0n) is 19.9. The summed E-state index contributed by atoms with van der Waals surface area (Å²) in [6, 6.07) is 12.7. The molecule has 1 saturated carbocycles. The Morgan fingerprint density at radius 2 is 1.92 bits per heavy atom. The number of carbonyl (C=O) groups excluding carboxylic acids is 1. The molecular weight excluding hydrogens is 499 g/mol. The third-order valence-corrected chi connectivity index (χ3v) is 6.29. The van der Waals surface area contributed by atoms with Gasteiger partial charge in [-0.25, -0.2) is 9.97 Å². The highest BCUT2D eigenvalue weighted by Gasteiger charge is 2.30. The van der Waals surface area contributed by atoms with Crippen LogP contribution in [0.5, 0.6) is 11.6 Å². The number of hydrogen-bond donors (Lipinski definition) is 2. The molecule has 9 nitrogen and oxygen atoms in total. The molecule has 1 amide bonds. The van der Waals surface area contributed by atoms with Gasteiger partial charge in [-0.2, -0.15) is 18.4 Å². The number of aromatic nitrogens is 6. The van der Waals surface area contributed by atoms with Crippen LogP contribution < -0.4 is 10.5 Å². The third kappa shape index (κ3) is 5.69. The summed E-state index contributed by atoms with van der Waals surface area (Å²) in [5, 5.41) is 13.9. The maximum Gasteiger partial charge on any atom is 0.417 e. The number of nitrogens with two attached hydrogens (primary N) is 1. The molecule has 1 aliphatic carbocycles. The Bertz CT molecular complexity index is 1460. The summed E-state index contributed by atoms with van der Waals surface area (Å²) < 4.78 is 43.9. The third-order valence-electron chi connectivity index (χ3n) is 6.29. The molecule has 0 spiro atoms. The van der Waals surface area contributed by atoms with E-state index in [1.807, 2.05) is 12.1 Å². The van der Waals surface area contributed by atoms with Gasteiger partial charge in [0.15, 0.2) is 0 Å². The second-order valence-corrected chi connectivity index (χ2v) is 8.86. The van der Waals surface area contributed by atoms with Gasteiger partial charge >= 0.3 is 6.18 Å². The Hall–Kier alpha value is -4.61. The van der Waals surface area contributed by atoms with Crippen molar-refractivity contribution < 1.29 is 22.7 Å². The van der Waals surface area contributed by atoms with Gasteiger partial charge in [0, 0.05) is 18.2 Å². The van der Waals surface area contributed by atoms with Crippen molar-refractivity contribution in [2.75, 3.05) is 0 Å². The van der Waals surface area contributed by atoms with E-state index in [2.05, 4.69) is 36.7 Å². The summed E-state index contributed by atoms with van der Waals surface area (Å²) in [6.07, 6.45) is 1.51. The average molecular weight is 522 g/mol. The SMILES string of the molecule is NC(=O)c1ccc(-c2nn[nH]n2)nc1C1CCC(=Cc2cccc(Oc3ccc(C(F)(F)F)cn3)c2)CC1. The van der Waals surface area contributed by atoms with Gasteiger partial charge in [0.05, 0.1) is 16.8 Å². The highest BCUT2D eigenvalue weighted by Crippen LogP contribution is 2.38. The monoisotopic (exact) mass is 521 g/mol. The highest BCUT2D eigenvalue weighted by molar-refractivity contribution is 5.94. The lowest BCUT2D eigenvalue weighted by molar-refractivity contribution is -0.137. The van der Waals surface area contributed by atoms with Gasteiger partial charge in [-0.05, 0) is 66.8 Å². The van der Waals surface area contributed by atoms with Crippen molar-refractivity contribution in [2.45, 2.75) is 37.8 Å². The normalized spacial score (nSPS) is 15.8. The Labute approximate surface area is 215 Å². The fourth-order valence-corrected chi connectivity index (χ4v) is 4.43. The fourth-order valence-electron chi connectivity index (χ4n) is 4.43. The zero-order valence-corrected chi connectivity index (χ0v) is 19.9. The quantitative estimate of drug-likeness (QED) is 0.351. The van der Waals surface area contributed by atoms with Crippen LogP contribution in [0.2, 0.25) is 0 Å². The summed E-state index contributed by atoms with van der Waals surface area (Å²) in [5.41, 5.74) is 8.43. The van der Waals surface area contributed by atoms with Gasteiger partial charge in [0.1, 0.15) is 11.4 Å². The number of nitrogens with zero attached hydrogens (tertiary/aromatic N) is 5. The maximum atomic E-state index is 12.8. The van der Waals surface area contributed by atoms with Crippen LogP contribution in [0.4, 0.5) is 13.2 Å². The van der Waals surface area contributed by atoms with Crippen LogP contribution in [-0.2, 0) is 6.18 Å². The summed E-state index contributed by atoms with van der Waals surface area (Å²) in [4.78, 5) is 20.5. The molecule has 0 atom stereocenters. The lowest BCUT2D eigenvalue weighted by atomic mass is 9.81. The molecule has 1 aromatic carbocycles. The number of halogens is 3. The Morgan fingerprint density at radius 1 is 1.11 bits per heavy atom. The molecule has 12 heteroatoms. The van der Waals surface area contributed by atoms with Crippen molar-refractivity contribution in [3.8, 4) is 23.1 Å². The van der Waals surface area contributed by atoms with Crippen molar-refractivity contribution >= 4 is 12.0 Å². The van der Waals surface area contributed by atoms with Crippen LogP contribution in [0.25, 0.3) is 17.6 Å². The van der Waals surface area contributed by atoms with Crippen LogP contribution in [0.15, 0.2) is 60.3 Å². The number of tetrazole rings is 1. The molecule has 0 aliphatic heterocycles. The predicted octanol–water partition coefficient (Wildman–Crippen LogP) is 5.31. The molecule has 0 bridgehead atoms. The number of ether oxygens (including phenoxy) is 1. The van der Waals surface area contributed by atoms with Gasteiger partial charge < -0.3 is 10.5 Å². The minimum atomic E-state index is -4.45. The van der Waals surface area contributed by atoms with E-state index >= 15 is 0 Å². The van der Waals surface area contributed by atoms with E-state index in [0.717, 1.165) is 43.5 Å². The van der Waals surface area contributed by atoms with E-state index in [9.17, 15) is 18.0 Å². The molecule has 1 fully saturated rings. The minimum absolute atomic E-state index is 0.0434.